The zero-order chi connectivity index (χ0) is 10.7. The van der Waals surface area contributed by atoms with Crippen LogP contribution in [0.5, 0.6) is 0 Å². The number of likely N-dealkylation sites (tertiary alicyclic amines) is 1. The third-order valence-corrected chi connectivity index (χ3v) is 3.24. The number of hydrogen-bond acceptors (Lipinski definition) is 4. The summed E-state index contributed by atoms with van der Waals surface area (Å²) in [5.74, 6) is 0. The van der Waals surface area contributed by atoms with Gasteiger partial charge in [0.25, 0.3) is 0 Å². The normalized spacial score (nSPS) is 21.4. The Bertz CT molecular complexity index is 327. The van der Waals surface area contributed by atoms with Gasteiger partial charge in [-0.05, 0) is 26.2 Å². The molecule has 1 aliphatic heterocycles. The van der Waals surface area contributed by atoms with Crippen LogP contribution in [0.2, 0.25) is 0 Å². The van der Waals surface area contributed by atoms with E-state index < -0.39 is 0 Å². The molecule has 1 fully saturated rings. The Morgan fingerprint density at radius 3 is 3.20 bits per heavy atom. The van der Waals surface area contributed by atoms with Crippen molar-refractivity contribution in [3.05, 3.63) is 5.51 Å². The lowest BCUT2D eigenvalue weighted by atomic mass is 10.0. The molecule has 0 aliphatic carbocycles. The molecule has 6 heteroatoms. The minimum absolute atomic E-state index is 0.0565. The molecule has 0 saturated carbocycles. The molecule has 2 heterocycles. The van der Waals surface area contributed by atoms with Gasteiger partial charge in [-0.15, -0.1) is 10.2 Å². The van der Waals surface area contributed by atoms with E-state index >= 15 is 0 Å². The number of anilines is 1. The van der Waals surface area contributed by atoms with E-state index in [0.717, 1.165) is 19.4 Å². The van der Waals surface area contributed by atoms with Crippen molar-refractivity contribution in [1.29, 1.82) is 0 Å². The van der Waals surface area contributed by atoms with Crippen LogP contribution >= 0.6 is 11.3 Å². The van der Waals surface area contributed by atoms with Crippen LogP contribution in [0.3, 0.4) is 0 Å². The molecule has 0 aromatic carbocycles. The average molecular weight is 226 g/mol. The lowest BCUT2D eigenvalue weighted by Gasteiger charge is -2.32. The van der Waals surface area contributed by atoms with Crippen LogP contribution in [0.1, 0.15) is 26.2 Å². The predicted octanol–water partition coefficient (Wildman–Crippen LogP) is 1.94. The fourth-order valence-corrected chi connectivity index (χ4v) is 2.23. The van der Waals surface area contributed by atoms with Crippen molar-refractivity contribution in [3.8, 4) is 0 Å². The van der Waals surface area contributed by atoms with E-state index in [0.29, 0.717) is 11.2 Å². The van der Waals surface area contributed by atoms with Crippen LogP contribution in [-0.2, 0) is 0 Å². The van der Waals surface area contributed by atoms with Gasteiger partial charge in [0.05, 0.1) is 0 Å². The molecule has 1 aromatic rings. The summed E-state index contributed by atoms with van der Waals surface area (Å²) in [6.45, 7) is 2.92. The second-order valence-electron chi connectivity index (χ2n) is 3.71. The van der Waals surface area contributed by atoms with Gasteiger partial charge in [0, 0.05) is 12.6 Å². The monoisotopic (exact) mass is 226 g/mol. The molecule has 82 valence electrons. The summed E-state index contributed by atoms with van der Waals surface area (Å²) >= 11 is 1.34. The van der Waals surface area contributed by atoms with Gasteiger partial charge in [0.2, 0.25) is 5.13 Å². The van der Waals surface area contributed by atoms with E-state index in [2.05, 4.69) is 22.4 Å². The smallest absolute Gasteiger partial charge is 0.322 e. The van der Waals surface area contributed by atoms with Crippen LogP contribution in [0, 0.1) is 0 Å². The van der Waals surface area contributed by atoms with E-state index in [1.165, 1.54) is 17.8 Å². The first-order chi connectivity index (χ1) is 7.27. The third-order valence-electron chi connectivity index (χ3n) is 2.64. The largest absolute Gasteiger partial charge is 0.323 e. The van der Waals surface area contributed by atoms with Crippen molar-refractivity contribution in [2.75, 3.05) is 11.9 Å². The first-order valence-corrected chi connectivity index (χ1v) is 5.99. The molecule has 5 nitrogen and oxygen atoms in total. The standard InChI is InChI=1S/C9H14N4OS/c1-7-4-2-3-5-13(7)9(14)11-8-12-10-6-15-8/h6-7H,2-5H2,1H3,(H,11,12,14). The van der Waals surface area contributed by atoms with Gasteiger partial charge >= 0.3 is 6.03 Å². The van der Waals surface area contributed by atoms with Crippen molar-refractivity contribution in [2.24, 2.45) is 0 Å². The Balaban J connectivity index is 1.95. The number of carbonyl (C=O) groups is 1. The minimum atomic E-state index is -0.0565. The number of urea groups is 1. The van der Waals surface area contributed by atoms with Crippen molar-refractivity contribution in [2.45, 2.75) is 32.2 Å². The van der Waals surface area contributed by atoms with Crippen molar-refractivity contribution in [1.82, 2.24) is 15.1 Å². The fraction of sp³-hybridized carbons (Fsp3) is 0.667. The lowest BCUT2D eigenvalue weighted by Crippen LogP contribution is -2.44. The summed E-state index contributed by atoms with van der Waals surface area (Å²) in [7, 11) is 0. The van der Waals surface area contributed by atoms with Gasteiger partial charge < -0.3 is 4.90 Å². The maximum absolute atomic E-state index is 11.8. The Morgan fingerprint density at radius 1 is 1.67 bits per heavy atom. The number of piperidine rings is 1. The first-order valence-electron chi connectivity index (χ1n) is 5.11. The maximum Gasteiger partial charge on any atom is 0.323 e. The van der Waals surface area contributed by atoms with E-state index in [9.17, 15) is 4.79 Å². The number of nitrogens with one attached hydrogen (secondary N) is 1. The molecule has 1 aliphatic rings. The molecule has 2 rings (SSSR count). The number of rotatable bonds is 1. The summed E-state index contributed by atoms with van der Waals surface area (Å²) in [5, 5.41) is 10.8. The Kier molecular flexibility index (Phi) is 3.15. The topological polar surface area (TPSA) is 58.1 Å². The number of nitrogens with zero attached hydrogens (tertiary/aromatic N) is 3. The first kappa shape index (κ1) is 10.4. The Hall–Kier alpha value is -1.17. The van der Waals surface area contributed by atoms with Gasteiger partial charge in [-0.1, -0.05) is 11.3 Å². The van der Waals surface area contributed by atoms with Crippen molar-refractivity contribution < 1.29 is 4.79 Å². The summed E-state index contributed by atoms with van der Waals surface area (Å²) < 4.78 is 0. The summed E-state index contributed by atoms with van der Waals surface area (Å²) in [6.07, 6.45) is 3.39. The molecule has 0 bridgehead atoms. The van der Waals surface area contributed by atoms with E-state index in [-0.39, 0.29) is 6.03 Å². The van der Waals surface area contributed by atoms with E-state index in [1.807, 2.05) is 4.90 Å². The van der Waals surface area contributed by atoms with E-state index in [1.54, 1.807) is 5.51 Å². The zero-order valence-corrected chi connectivity index (χ0v) is 9.46. The SMILES string of the molecule is CC1CCCCN1C(=O)Nc1nncs1. The second-order valence-corrected chi connectivity index (χ2v) is 4.55. The van der Waals surface area contributed by atoms with Gasteiger partial charge in [-0.3, -0.25) is 5.32 Å². The Labute approximate surface area is 92.5 Å². The van der Waals surface area contributed by atoms with Crippen LogP contribution in [0.15, 0.2) is 5.51 Å². The van der Waals surface area contributed by atoms with Crippen LogP contribution in [0.4, 0.5) is 9.93 Å². The molecule has 1 atom stereocenters. The zero-order valence-electron chi connectivity index (χ0n) is 8.64. The van der Waals surface area contributed by atoms with Crippen molar-refractivity contribution >= 4 is 22.5 Å². The Morgan fingerprint density at radius 2 is 2.53 bits per heavy atom. The number of aromatic nitrogens is 2. The predicted molar refractivity (Wildman–Crippen MR) is 58.9 cm³/mol. The maximum atomic E-state index is 11.8. The van der Waals surface area contributed by atoms with Gasteiger partial charge in [-0.2, -0.15) is 0 Å². The summed E-state index contributed by atoms with van der Waals surface area (Å²) in [6, 6.07) is 0.269. The highest BCUT2D eigenvalue weighted by Gasteiger charge is 2.23. The highest BCUT2D eigenvalue weighted by molar-refractivity contribution is 7.13. The quantitative estimate of drug-likeness (QED) is 0.796. The molecule has 1 unspecified atom stereocenters. The minimum Gasteiger partial charge on any atom is -0.322 e. The molecule has 0 radical (unpaired) electrons. The molecular weight excluding hydrogens is 212 g/mol. The highest BCUT2D eigenvalue weighted by atomic mass is 32.1. The van der Waals surface area contributed by atoms with Crippen LogP contribution < -0.4 is 5.32 Å². The van der Waals surface area contributed by atoms with Gasteiger partial charge in [0.1, 0.15) is 5.51 Å². The lowest BCUT2D eigenvalue weighted by molar-refractivity contribution is 0.170. The molecule has 1 aromatic heterocycles. The molecule has 1 saturated heterocycles. The van der Waals surface area contributed by atoms with Crippen LogP contribution in [0.25, 0.3) is 0 Å². The second kappa shape index (κ2) is 4.57. The van der Waals surface area contributed by atoms with Gasteiger partial charge in [-0.25, -0.2) is 4.79 Å². The molecule has 0 spiro atoms. The summed E-state index contributed by atoms with van der Waals surface area (Å²) in [5.41, 5.74) is 1.61. The number of carbonyl (C=O) groups excluding carboxylic acids is 1. The number of hydrogen-bond donors (Lipinski definition) is 1. The van der Waals surface area contributed by atoms with Crippen molar-refractivity contribution in [3.63, 3.8) is 0 Å². The summed E-state index contributed by atoms with van der Waals surface area (Å²) in [4.78, 5) is 13.7. The van der Waals surface area contributed by atoms with E-state index in [4.69, 9.17) is 0 Å². The molecule has 15 heavy (non-hydrogen) atoms. The van der Waals surface area contributed by atoms with Crippen LogP contribution in [-0.4, -0.2) is 33.7 Å². The highest BCUT2D eigenvalue weighted by Crippen LogP contribution is 2.18. The molecule has 2 amide bonds. The molecule has 1 N–H and O–H groups in total. The third kappa shape index (κ3) is 2.44. The fourth-order valence-electron chi connectivity index (χ4n) is 1.79. The number of amides is 2. The molecular formula is C9H14N4OS. The average Bonchev–Trinajstić information content (AvgIpc) is 2.71. The van der Waals surface area contributed by atoms with Gasteiger partial charge in [0.15, 0.2) is 0 Å².